The van der Waals surface area contributed by atoms with Crippen LogP contribution >= 0.6 is 0 Å². The summed E-state index contributed by atoms with van der Waals surface area (Å²) >= 11 is 0. The summed E-state index contributed by atoms with van der Waals surface area (Å²) in [7, 11) is 0. The monoisotopic (exact) mass is 379 g/mol. The van der Waals surface area contributed by atoms with E-state index in [9.17, 15) is 9.18 Å². The molecule has 1 amide bonds. The third kappa shape index (κ3) is 5.54. The highest BCUT2D eigenvalue weighted by Crippen LogP contribution is 2.19. The van der Waals surface area contributed by atoms with Crippen molar-refractivity contribution in [1.29, 1.82) is 0 Å². The molecule has 1 heterocycles. The van der Waals surface area contributed by atoms with E-state index in [1.807, 2.05) is 31.2 Å². The maximum atomic E-state index is 12.9. The van der Waals surface area contributed by atoms with Gasteiger partial charge in [-0.15, -0.1) is 0 Å². The van der Waals surface area contributed by atoms with Crippen molar-refractivity contribution in [2.45, 2.75) is 13.3 Å². The van der Waals surface area contributed by atoms with Crippen LogP contribution in [0.1, 0.15) is 23.0 Å². The van der Waals surface area contributed by atoms with E-state index in [-0.39, 0.29) is 11.7 Å². The molecule has 0 saturated heterocycles. The number of aromatic nitrogens is 1. The Labute approximate surface area is 163 Å². The summed E-state index contributed by atoms with van der Waals surface area (Å²) in [5.41, 5.74) is 3.00. The number of halogens is 1. The Morgan fingerprint density at radius 1 is 1.00 bits per heavy atom. The van der Waals surface area contributed by atoms with E-state index in [1.54, 1.807) is 30.5 Å². The zero-order valence-electron chi connectivity index (χ0n) is 15.6. The lowest BCUT2D eigenvalue weighted by Gasteiger charge is -2.09. The molecule has 0 aliphatic carbocycles. The largest absolute Gasteiger partial charge is 0.494 e. The molecule has 0 fully saturated rings. The Hall–Kier alpha value is -3.41. The first kappa shape index (κ1) is 19.4. The fourth-order valence-electron chi connectivity index (χ4n) is 2.63. The number of benzene rings is 2. The summed E-state index contributed by atoms with van der Waals surface area (Å²) in [4.78, 5) is 16.4. The van der Waals surface area contributed by atoms with Crippen LogP contribution in [-0.2, 0) is 6.42 Å². The highest BCUT2D eigenvalue weighted by molar-refractivity contribution is 5.92. The summed E-state index contributed by atoms with van der Waals surface area (Å²) < 4.78 is 18.3. The maximum Gasteiger partial charge on any atom is 0.269 e. The van der Waals surface area contributed by atoms with Gasteiger partial charge in [0.05, 0.1) is 18.5 Å². The second-order valence-corrected chi connectivity index (χ2v) is 6.15. The molecule has 0 atom stereocenters. The first-order chi connectivity index (χ1) is 13.6. The smallest absolute Gasteiger partial charge is 0.269 e. The second kappa shape index (κ2) is 9.50. The Kier molecular flexibility index (Phi) is 6.57. The predicted molar refractivity (Wildman–Crippen MR) is 108 cm³/mol. The van der Waals surface area contributed by atoms with Crippen molar-refractivity contribution in [3.05, 3.63) is 83.9 Å². The molecule has 0 aliphatic heterocycles. The molecule has 6 heteroatoms. The summed E-state index contributed by atoms with van der Waals surface area (Å²) in [5.74, 6) is 0.310. The number of ether oxygens (including phenoxy) is 1. The van der Waals surface area contributed by atoms with Gasteiger partial charge in [0.1, 0.15) is 17.3 Å². The fourth-order valence-corrected chi connectivity index (χ4v) is 2.63. The standard InChI is InChI=1S/C22H22FN3O2/c1-2-28-20-10-7-18(8-11-20)26-19-9-12-21(25-15-19)22(27)24-14-13-16-3-5-17(23)6-4-16/h3-12,15,26H,2,13-14H2,1H3,(H,24,27). The number of anilines is 2. The minimum atomic E-state index is -0.268. The molecule has 1 aromatic heterocycles. The van der Waals surface area contributed by atoms with Gasteiger partial charge in [0.2, 0.25) is 0 Å². The minimum absolute atomic E-state index is 0.241. The molecule has 0 aliphatic rings. The third-order valence-corrected chi connectivity index (χ3v) is 4.06. The van der Waals surface area contributed by atoms with E-state index in [2.05, 4.69) is 15.6 Å². The number of nitrogens with zero attached hydrogens (tertiary/aromatic N) is 1. The number of nitrogens with one attached hydrogen (secondary N) is 2. The van der Waals surface area contributed by atoms with Crippen LogP contribution < -0.4 is 15.4 Å². The molecule has 2 aromatic carbocycles. The van der Waals surface area contributed by atoms with Gasteiger partial charge in [-0.25, -0.2) is 9.37 Å². The molecule has 144 valence electrons. The van der Waals surface area contributed by atoms with Gasteiger partial charge in [-0.3, -0.25) is 4.79 Å². The second-order valence-electron chi connectivity index (χ2n) is 6.15. The van der Waals surface area contributed by atoms with Crippen LogP contribution in [0.5, 0.6) is 5.75 Å². The van der Waals surface area contributed by atoms with Crippen molar-refractivity contribution in [2.75, 3.05) is 18.5 Å². The third-order valence-electron chi connectivity index (χ3n) is 4.06. The molecule has 28 heavy (non-hydrogen) atoms. The molecule has 0 saturated carbocycles. The highest BCUT2D eigenvalue weighted by Gasteiger charge is 2.07. The number of carbonyl (C=O) groups excluding carboxylic acids is 1. The highest BCUT2D eigenvalue weighted by atomic mass is 19.1. The van der Waals surface area contributed by atoms with Gasteiger partial charge in [0.25, 0.3) is 5.91 Å². The number of hydrogen-bond donors (Lipinski definition) is 2. The molecule has 0 unspecified atom stereocenters. The number of hydrogen-bond acceptors (Lipinski definition) is 4. The average molecular weight is 379 g/mol. The summed E-state index contributed by atoms with van der Waals surface area (Å²) in [6.07, 6.45) is 2.24. The average Bonchev–Trinajstić information content (AvgIpc) is 2.72. The molecule has 5 nitrogen and oxygen atoms in total. The van der Waals surface area contributed by atoms with Gasteiger partial charge in [0.15, 0.2) is 0 Å². The van der Waals surface area contributed by atoms with E-state index in [0.29, 0.717) is 25.3 Å². The van der Waals surface area contributed by atoms with Crippen molar-refractivity contribution in [3.8, 4) is 5.75 Å². The SMILES string of the molecule is CCOc1ccc(Nc2ccc(C(=O)NCCc3ccc(F)cc3)nc2)cc1. The Morgan fingerprint density at radius 3 is 2.36 bits per heavy atom. The molecule has 2 N–H and O–H groups in total. The normalized spacial score (nSPS) is 10.4. The summed E-state index contributed by atoms with van der Waals surface area (Å²) in [6, 6.07) is 17.3. The Bertz CT molecular complexity index is 895. The van der Waals surface area contributed by atoms with Gasteiger partial charge >= 0.3 is 0 Å². The maximum absolute atomic E-state index is 12.9. The van der Waals surface area contributed by atoms with Crippen molar-refractivity contribution in [1.82, 2.24) is 10.3 Å². The van der Waals surface area contributed by atoms with Gasteiger partial charge in [-0.1, -0.05) is 12.1 Å². The van der Waals surface area contributed by atoms with E-state index >= 15 is 0 Å². The van der Waals surface area contributed by atoms with Gasteiger partial charge < -0.3 is 15.4 Å². The number of carbonyl (C=O) groups is 1. The molecule has 0 radical (unpaired) electrons. The first-order valence-corrected chi connectivity index (χ1v) is 9.12. The van der Waals surface area contributed by atoms with Crippen LogP contribution in [0.15, 0.2) is 66.9 Å². The number of pyridine rings is 1. The van der Waals surface area contributed by atoms with E-state index in [4.69, 9.17) is 4.74 Å². The zero-order valence-corrected chi connectivity index (χ0v) is 15.6. The molecular formula is C22H22FN3O2. The lowest BCUT2D eigenvalue weighted by atomic mass is 10.1. The van der Waals surface area contributed by atoms with Crippen molar-refractivity contribution >= 4 is 17.3 Å². The summed E-state index contributed by atoms with van der Waals surface area (Å²) in [5, 5.41) is 6.05. The van der Waals surface area contributed by atoms with Crippen LogP contribution in [0.4, 0.5) is 15.8 Å². The quantitative estimate of drug-likeness (QED) is 0.611. The van der Waals surface area contributed by atoms with Crippen molar-refractivity contribution in [2.24, 2.45) is 0 Å². The van der Waals surface area contributed by atoms with Crippen LogP contribution in [0.3, 0.4) is 0 Å². The lowest BCUT2D eigenvalue weighted by Crippen LogP contribution is -2.26. The zero-order chi connectivity index (χ0) is 19.8. The molecule has 0 bridgehead atoms. The fraction of sp³-hybridized carbons (Fsp3) is 0.182. The van der Waals surface area contributed by atoms with Crippen LogP contribution in [-0.4, -0.2) is 24.0 Å². The predicted octanol–water partition coefficient (Wildman–Crippen LogP) is 4.34. The van der Waals surface area contributed by atoms with Crippen LogP contribution in [0, 0.1) is 5.82 Å². The first-order valence-electron chi connectivity index (χ1n) is 9.12. The molecule has 3 aromatic rings. The molecule has 0 spiro atoms. The van der Waals surface area contributed by atoms with E-state index < -0.39 is 0 Å². The molecule has 3 rings (SSSR count). The lowest BCUT2D eigenvalue weighted by molar-refractivity contribution is 0.0949. The minimum Gasteiger partial charge on any atom is -0.494 e. The van der Waals surface area contributed by atoms with Gasteiger partial charge in [-0.05, 0) is 67.4 Å². The molecular weight excluding hydrogens is 357 g/mol. The summed E-state index contributed by atoms with van der Waals surface area (Å²) in [6.45, 7) is 3.03. The van der Waals surface area contributed by atoms with Gasteiger partial charge in [-0.2, -0.15) is 0 Å². The van der Waals surface area contributed by atoms with Gasteiger partial charge in [0, 0.05) is 12.2 Å². The number of amides is 1. The topological polar surface area (TPSA) is 63.2 Å². The van der Waals surface area contributed by atoms with Crippen molar-refractivity contribution in [3.63, 3.8) is 0 Å². The Morgan fingerprint density at radius 2 is 1.71 bits per heavy atom. The van der Waals surface area contributed by atoms with E-state index in [1.165, 1.54) is 12.1 Å². The number of rotatable bonds is 8. The van der Waals surface area contributed by atoms with Crippen molar-refractivity contribution < 1.29 is 13.9 Å². The van der Waals surface area contributed by atoms with Crippen LogP contribution in [0.2, 0.25) is 0 Å². The van der Waals surface area contributed by atoms with Crippen LogP contribution in [0.25, 0.3) is 0 Å². The Balaban J connectivity index is 1.50. The van der Waals surface area contributed by atoms with E-state index in [0.717, 1.165) is 22.7 Å².